The van der Waals surface area contributed by atoms with Crippen LogP contribution in [0.3, 0.4) is 0 Å². The SMILES string of the molecule is c1ccc(-c2cccc3cccc(-c4ccccc4N(c4ccc(-c5cccc6c7ccccc7n(-c7ccccc7)c56)cc4)c4ccccc4-c4ccc5c(c4)C4(c6ccccc6-5)C5CC6CC7CC4C675)c23)cc1. The predicted molar refractivity (Wildman–Crippen MR) is 311 cm³/mol. The van der Waals surface area contributed by atoms with Crippen LogP contribution >= 0.6 is 0 Å². The van der Waals surface area contributed by atoms with Crippen molar-refractivity contribution in [3.63, 3.8) is 0 Å². The van der Waals surface area contributed by atoms with Gasteiger partial charge in [-0.25, -0.2) is 0 Å². The van der Waals surface area contributed by atoms with Crippen LogP contribution in [-0.2, 0) is 5.41 Å². The monoisotopic (exact) mass is 956 g/mol. The van der Waals surface area contributed by atoms with E-state index in [9.17, 15) is 0 Å². The molecule has 4 unspecified atom stereocenters. The second-order valence-electron chi connectivity index (χ2n) is 22.3. The molecule has 4 atom stereocenters. The van der Waals surface area contributed by atoms with Gasteiger partial charge in [0.1, 0.15) is 0 Å². The van der Waals surface area contributed by atoms with E-state index in [2.05, 4.69) is 264 Å². The van der Waals surface area contributed by atoms with Gasteiger partial charge in [-0.3, -0.25) is 0 Å². The van der Waals surface area contributed by atoms with Crippen molar-refractivity contribution in [3.05, 3.63) is 266 Å². The molecular weight excluding hydrogens is 905 g/mol. The topological polar surface area (TPSA) is 8.17 Å². The quantitative estimate of drug-likeness (QED) is 0.147. The third kappa shape index (κ3) is 5.39. The van der Waals surface area contributed by atoms with Gasteiger partial charge in [-0.2, -0.15) is 0 Å². The highest BCUT2D eigenvalue weighted by Crippen LogP contribution is 2.94. The zero-order valence-corrected chi connectivity index (χ0v) is 41.6. The maximum atomic E-state index is 2.65. The van der Waals surface area contributed by atoms with Crippen molar-refractivity contribution in [2.24, 2.45) is 29.1 Å². The molecule has 5 aliphatic rings. The highest BCUT2D eigenvalue weighted by atomic mass is 15.1. The number of nitrogens with zero attached hydrogens (tertiary/aromatic N) is 2. The Kier molecular flexibility index (Phi) is 8.58. The van der Waals surface area contributed by atoms with Crippen molar-refractivity contribution in [2.75, 3.05) is 4.90 Å². The third-order valence-corrected chi connectivity index (χ3v) is 19.5. The van der Waals surface area contributed by atoms with Crippen LogP contribution in [0.25, 0.3) is 93.9 Å². The first kappa shape index (κ1) is 41.7. The first-order chi connectivity index (χ1) is 37.2. The van der Waals surface area contributed by atoms with Crippen molar-refractivity contribution in [3.8, 4) is 61.3 Å². The summed E-state index contributed by atoms with van der Waals surface area (Å²) in [5, 5.41) is 5.00. The minimum atomic E-state index is 0.131. The molecule has 17 rings (SSSR count). The minimum Gasteiger partial charge on any atom is -0.309 e. The summed E-state index contributed by atoms with van der Waals surface area (Å²) in [6.45, 7) is 0. The minimum absolute atomic E-state index is 0.131. The summed E-state index contributed by atoms with van der Waals surface area (Å²) < 4.78 is 2.45. The van der Waals surface area contributed by atoms with Crippen LogP contribution in [-0.4, -0.2) is 4.57 Å². The van der Waals surface area contributed by atoms with E-state index < -0.39 is 0 Å². The van der Waals surface area contributed by atoms with Gasteiger partial charge in [0.15, 0.2) is 0 Å². The molecule has 4 fully saturated rings. The molecule has 12 aromatic rings. The maximum Gasteiger partial charge on any atom is 0.0619 e. The number of aromatic nitrogens is 1. The van der Waals surface area contributed by atoms with Gasteiger partial charge in [0.05, 0.1) is 22.4 Å². The first-order valence-electron chi connectivity index (χ1n) is 27.2. The standard InChI is InChI=1S/C73H52N2/c1-3-18-46(19-4-1)55-28-15-20-48-21-16-30-61(70(48)55)59-26-9-13-34-66(59)74(53-39-36-47(37-40-53)56-29-17-31-62-60-27-10-14-35-67(60)75(71(56)62)52-22-5-2-6-23-52)65-33-12-8-24-54(65)49-38-41-58-57-25-7-11-32-63(57)73(64(58)42-49)68-44-50-43-51-45-69(73)72(50,51)68/h1-42,50-51,68-69H,43-45H2. The van der Waals surface area contributed by atoms with Crippen LogP contribution in [0.4, 0.5) is 17.1 Å². The van der Waals surface area contributed by atoms with Crippen LogP contribution in [0.5, 0.6) is 0 Å². The zero-order valence-electron chi connectivity index (χ0n) is 41.6. The Morgan fingerprint density at radius 3 is 1.71 bits per heavy atom. The van der Waals surface area contributed by atoms with E-state index in [4.69, 9.17) is 0 Å². The van der Waals surface area contributed by atoms with Crippen molar-refractivity contribution >= 4 is 49.6 Å². The summed E-state index contributed by atoms with van der Waals surface area (Å²) in [4.78, 5) is 2.55. The average Bonchev–Trinajstić information content (AvgIpc) is 3.16. The molecule has 2 heteroatoms. The Morgan fingerprint density at radius 2 is 0.933 bits per heavy atom. The number of rotatable bonds is 8. The van der Waals surface area contributed by atoms with E-state index in [1.165, 1.54) is 107 Å². The smallest absolute Gasteiger partial charge is 0.0619 e. The Morgan fingerprint density at radius 1 is 0.373 bits per heavy atom. The van der Waals surface area contributed by atoms with Crippen LogP contribution in [0.2, 0.25) is 0 Å². The van der Waals surface area contributed by atoms with Gasteiger partial charge in [0, 0.05) is 44.3 Å². The molecule has 1 aromatic heterocycles. The lowest BCUT2D eigenvalue weighted by Gasteiger charge is -2.92. The Bertz CT molecular complexity index is 4290. The fourth-order valence-corrected chi connectivity index (χ4v) is 16.7. The number of anilines is 3. The molecule has 0 amide bonds. The molecule has 5 aliphatic carbocycles. The largest absolute Gasteiger partial charge is 0.309 e. The molecule has 0 N–H and O–H groups in total. The van der Waals surface area contributed by atoms with E-state index in [0.717, 1.165) is 46.4 Å². The van der Waals surface area contributed by atoms with Crippen molar-refractivity contribution in [1.29, 1.82) is 0 Å². The van der Waals surface area contributed by atoms with Gasteiger partial charge in [0.25, 0.3) is 0 Å². The summed E-state index contributed by atoms with van der Waals surface area (Å²) in [6, 6.07) is 95.7. The number of para-hydroxylation sites is 5. The molecule has 354 valence electrons. The Labute approximate surface area is 437 Å². The maximum absolute atomic E-state index is 2.65. The second kappa shape index (κ2) is 15.4. The summed E-state index contributed by atoms with van der Waals surface area (Å²) in [7, 11) is 0. The molecule has 2 spiro atoms. The van der Waals surface area contributed by atoms with Gasteiger partial charge in [-0.1, -0.05) is 206 Å². The number of hydrogen-bond acceptors (Lipinski definition) is 1. The summed E-state index contributed by atoms with van der Waals surface area (Å²) >= 11 is 0. The van der Waals surface area contributed by atoms with E-state index in [1.54, 1.807) is 11.1 Å². The number of benzene rings is 11. The molecule has 2 nitrogen and oxygen atoms in total. The summed E-state index contributed by atoms with van der Waals surface area (Å²) in [5.74, 6) is 3.46. The average molecular weight is 957 g/mol. The fraction of sp³-hybridized carbons (Fsp3) is 0.123. The lowest BCUT2D eigenvalue weighted by molar-refractivity contribution is -0.412. The first-order valence-corrected chi connectivity index (χ1v) is 27.2. The normalized spacial score (nSPS) is 22.1. The van der Waals surface area contributed by atoms with Crippen molar-refractivity contribution in [2.45, 2.75) is 24.7 Å². The summed E-state index contributed by atoms with van der Waals surface area (Å²) in [6.07, 6.45) is 4.26. The van der Waals surface area contributed by atoms with Crippen LogP contribution in [0.15, 0.2) is 255 Å². The lowest BCUT2D eigenvalue weighted by atomic mass is 9.11. The number of hydrogen-bond donors (Lipinski definition) is 0. The Hall–Kier alpha value is -8.72. The van der Waals surface area contributed by atoms with Crippen molar-refractivity contribution < 1.29 is 0 Å². The van der Waals surface area contributed by atoms with E-state index in [0.29, 0.717) is 5.41 Å². The van der Waals surface area contributed by atoms with E-state index in [-0.39, 0.29) is 5.41 Å². The highest BCUT2D eigenvalue weighted by molar-refractivity contribution is 6.14. The summed E-state index contributed by atoms with van der Waals surface area (Å²) in [5.41, 5.74) is 23.6. The van der Waals surface area contributed by atoms with Gasteiger partial charge in [-0.05, 0) is 158 Å². The van der Waals surface area contributed by atoms with Gasteiger partial charge >= 0.3 is 0 Å². The molecular formula is C73H52N2. The second-order valence-corrected chi connectivity index (χ2v) is 22.3. The molecule has 75 heavy (non-hydrogen) atoms. The van der Waals surface area contributed by atoms with Gasteiger partial charge in [0.2, 0.25) is 0 Å². The molecule has 0 radical (unpaired) electrons. The van der Waals surface area contributed by atoms with Gasteiger partial charge in [-0.15, -0.1) is 0 Å². The third-order valence-electron chi connectivity index (χ3n) is 19.5. The van der Waals surface area contributed by atoms with Crippen LogP contribution in [0, 0.1) is 29.1 Å². The fourth-order valence-electron chi connectivity index (χ4n) is 16.7. The molecule has 1 heterocycles. The molecule has 0 saturated heterocycles. The van der Waals surface area contributed by atoms with E-state index >= 15 is 0 Å². The van der Waals surface area contributed by atoms with Crippen LogP contribution in [0.1, 0.15) is 30.4 Å². The van der Waals surface area contributed by atoms with E-state index in [1.807, 2.05) is 0 Å². The number of fused-ring (bicyclic) bond motifs is 11. The molecule has 0 aliphatic heterocycles. The zero-order chi connectivity index (χ0) is 49.0. The Balaban J connectivity index is 0.870. The van der Waals surface area contributed by atoms with Crippen molar-refractivity contribution in [1.82, 2.24) is 4.57 Å². The molecule has 0 bridgehead atoms. The van der Waals surface area contributed by atoms with Crippen LogP contribution < -0.4 is 4.90 Å². The molecule has 4 saturated carbocycles. The predicted octanol–water partition coefficient (Wildman–Crippen LogP) is 19.0. The van der Waals surface area contributed by atoms with Gasteiger partial charge < -0.3 is 9.47 Å². The lowest BCUT2D eigenvalue weighted by Crippen LogP contribution is -2.88. The highest BCUT2D eigenvalue weighted by Gasteiger charge is 2.90. The molecule has 11 aromatic carbocycles.